The summed E-state index contributed by atoms with van der Waals surface area (Å²) in [5.74, 6) is -0.285. The van der Waals surface area contributed by atoms with Gasteiger partial charge in [-0.15, -0.1) is 0 Å². The summed E-state index contributed by atoms with van der Waals surface area (Å²) in [5, 5.41) is 4.43. The van der Waals surface area contributed by atoms with E-state index in [-0.39, 0.29) is 5.91 Å². The van der Waals surface area contributed by atoms with Crippen molar-refractivity contribution in [2.45, 2.75) is 0 Å². The molecule has 1 aromatic carbocycles. The van der Waals surface area contributed by atoms with Crippen LogP contribution in [0.1, 0.15) is 15.9 Å². The van der Waals surface area contributed by atoms with E-state index in [1.807, 2.05) is 6.07 Å². The quantitative estimate of drug-likeness (QED) is 0.680. The first kappa shape index (κ1) is 12.3. The van der Waals surface area contributed by atoms with E-state index in [1.54, 1.807) is 42.7 Å². The van der Waals surface area contributed by atoms with Crippen LogP contribution in [0.5, 0.6) is 0 Å². The summed E-state index contributed by atoms with van der Waals surface area (Å²) in [5.41, 5.74) is 3.74. The highest BCUT2D eigenvalue weighted by molar-refractivity contribution is 6.30. The maximum absolute atomic E-state index is 11.7. The molecule has 1 amide bonds. The molecule has 4 nitrogen and oxygen atoms in total. The van der Waals surface area contributed by atoms with Gasteiger partial charge in [-0.2, -0.15) is 5.10 Å². The van der Waals surface area contributed by atoms with Crippen molar-refractivity contribution < 1.29 is 4.79 Å². The lowest BCUT2D eigenvalue weighted by Crippen LogP contribution is -2.17. The van der Waals surface area contributed by atoms with E-state index in [0.717, 1.165) is 5.56 Å². The lowest BCUT2D eigenvalue weighted by atomic mass is 10.2. The van der Waals surface area contributed by atoms with Crippen molar-refractivity contribution in [3.63, 3.8) is 0 Å². The third-order valence-corrected chi connectivity index (χ3v) is 2.42. The number of carbonyl (C=O) groups excluding carboxylic acids is 1. The van der Waals surface area contributed by atoms with Crippen molar-refractivity contribution in [3.8, 4) is 0 Å². The molecule has 2 rings (SSSR count). The Morgan fingerprint density at radius 1 is 1.28 bits per heavy atom. The van der Waals surface area contributed by atoms with Gasteiger partial charge in [0.25, 0.3) is 5.91 Å². The minimum atomic E-state index is -0.285. The van der Waals surface area contributed by atoms with Gasteiger partial charge in [0, 0.05) is 28.5 Å². The van der Waals surface area contributed by atoms with Gasteiger partial charge in [0.2, 0.25) is 0 Å². The normalized spacial score (nSPS) is 10.5. The van der Waals surface area contributed by atoms with E-state index < -0.39 is 0 Å². The zero-order chi connectivity index (χ0) is 12.8. The van der Waals surface area contributed by atoms with E-state index in [2.05, 4.69) is 15.5 Å². The third kappa shape index (κ3) is 3.40. The molecule has 1 N–H and O–H groups in total. The van der Waals surface area contributed by atoms with Crippen molar-refractivity contribution in [2.24, 2.45) is 5.10 Å². The lowest BCUT2D eigenvalue weighted by Gasteiger charge is -1.99. The second-order valence-electron chi connectivity index (χ2n) is 3.49. The molecule has 0 atom stereocenters. The number of aromatic nitrogens is 1. The Bertz CT molecular complexity index is 552. The van der Waals surface area contributed by atoms with Crippen LogP contribution in [-0.4, -0.2) is 17.1 Å². The first-order valence-corrected chi connectivity index (χ1v) is 5.62. The fourth-order valence-corrected chi connectivity index (χ4v) is 1.41. The molecule has 1 heterocycles. The summed E-state index contributed by atoms with van der Waals surface area (Å²) in [4.78, 5) is 15.6. The first-order chi connectivity index (χ1) is 8.75. The smallest absolute Gasteiger partial charge is 0.267 e. The van der Waals surface area contributed by atoms with Crippen LogP contribution >= 0.6 is 11.6 Å². The number of hydrazone groups is 1. The molecule has 90 valence electrons. The van der Waals surface area contributed by atoms with Gasteiger partial charge < -0.3 is 0 Å². The minimum absolute atomic E-state index is 0.285. The number of amides is 1. The topological polar surface area (TPSA) is 54.4 Å². The Kier molecular flexibility index (Phi) is 4.04. The molecule has 0 fully saturated rings. The molecule has 0 bridgehead atoms. The number of hydrogen-bond donors (Lipinski definition) is 1. The van der Waals surface area contributed by atoms with Crippen molar-refractivity contribution in [3.05, 3.63) is 64.9 Å². The van der Waals surface area contributed by atoms with E-state index in [4.69, 9.17) is 11.6 Å². The van der Waals surface area contributed by atoms with Gasteiger partial charge in [0.05, 0.1) is 6.21 Å². The van der Waals surface area contributed by atoms with E-state index in [9.17, 15) is 4.79 Å². The molecular weight excluding hydrogens is 250 g/mol. The molecule has 0 spiro atoms. The van der Waals surface area contributed by atoms with E-state index in [1.165, 1.54) is 6.21 Å². The van der Waals surface area contributed by atoms with Gasteiger partial charge in [-0.25, -0.2) is 5.43 Å². The molecule has 1 aromatic heterocycles. The molecule has 0 radical (unpaired) electrons. The van der Waals surface area contributed by atoms with Gasteiger partial charge in [-0.3, -0.25) is 9.78 Å². The fourth-order valence-electron chi connectivity index (χ4n) is 1.28. The van der Waals surface area contributed by atoms with Crippen LogP contribution < -0.4 is 5.43 Å². The predicted octanol–water partition coefficient (Wildman–Crippen LogP) is 2.50. The summed E-state index contributed by atoms with van der Waals surface area (Å²) in [6.07, 6.45) is 4.85. The molecule has 2 aromatic rings. The highest BCUT2D eigenvalue weighted by Gasteiger charge is 2.02. The van der Waals surface area contributed by atoms with Gasteiger partial charge in [0.15, 0.2) is 0 Å². The van der Waals surface area contributed by atoms with E-state index in [0.29, 0.717) is 10.6 Å². The van der Waals surface area contributed by atoms with Crippen LogP contribution in [0, 0.1) is 0 Å². The maximum atomic E-state index is 11.7. The van der Waals surface area contributed by atoms with E-state index >= 15 is 0 Å². The summed E-state index contributed by atoms with van der Waals surface area (Å²) >= 11 is 5.73. The van der Waals surface area contributed by atoms with Gasteiger partial charge in [-0.1, -0.05) is 17.7 Å². The first-order valence-electron chi connectivity index (χ1n) is 5.25. The number of carbonyl (C=O) groups is 1. The third-order valence-electron chi connectivity index (χ3n) is 2.17. The molecule has 0 saturated carbocycles. The highest BCUT2D eigenvalue weighted by atomic mass is 35.5. The average molecular weight is 260 g/mol. The van der Waals surface area contributed by atoms with Crippen molar-refractivity contribution in [1.29, 1.82) is 0 Å². The molecule has 0 aliphatic rings. The number of nitrogens with one attached hydrogen (secondary N) is 1. The number of rotatable bonds is 3. The monoisotopic (exact) mass is 259 g/mol. The van der Waals surface area contributed by atoms with Gasteiger partial charge in [0.1, 0.15) is 0 Å². The van der Waals surface area contributed by atoms with Crippen LogP contribution in [0.3, 0.4) is 0 Å². The van der Waals surface area contributed by atoms with Crippen molar-refractivity contribution >= 4 is 23.7 Å². The maximum Gasteiger partial charge on any atom is 0.271 e. The summed E-state index contributed by atoms with van der Waals surface area (Å²) in [6, 6.07) is 10.2. The van der Waals surface area contributed by atoms with Crippen LogP contribution in [-0.2, 0) is 0 Å². The Hall–Kier alpha value is -2.20. The number of hydrogen-bond acceptors (Lipinski definition) is 3. The second-order valence-corrected chi connectivity index (χ2v) is 3.93. The summed E-state index contributed by atoms with van der Waals surface area (Å²) in [6.45, 7) is 0. The van der Waals surface area contributed by atoms with Crippen molar-refractivity contribution in [2.75, 3.05) is 0 Å². The predicted molar refractivity (Wildman–Crippen MR) is 70.7 cm³/mol. The molecule has 0 aliphatic carbocycles. The largest absolute Gasteiger partial charge is 0.271 e. The Morgan fingerprint density at radius 2 is 2.06 bits per heavy atom. The Labute approximate surface area is 109 Å². The lowest BCUT2D eigenvalue weighted by molar-refractivity contribution is 0.0955. The molecule has 0 saturated heterocycles. The van der Waals surface area contributed by atoms with Crippen LogP contribution in [0.4, 0.5) is 0 Å². The SMILES string of the molecule is O=C(N/N=C/c1cccnc1)c1ccc(Cl)cc1. The molecular formula is C13H10ClN3O. The zero-order valence-electron chi connectivity index (χ0n) is 9.38. The molecule has 0 unspecified atom stereocenters. The highest BCUT2D eigenvalue weighted by Crippen LogP contribution is 2.09. The Balaban J connectivity index is 1.96. The zero-order valence-corrected chi connectivity index (χ0v) is 10.1. The molecule has 18 heavy (non-hydrogen) atoms. The number of nitrogens with zero attached hydrogens (tertiary/aromatic N) is 2. The fraction of sp³-hybridized carbons (Fsp3) is 0. The summed E-state index contributed by atoms with van der Waals surface area (Å²) < 4.78 is 0. The summed E-state index contributed by atoms with van der Waals surface area (Å²) in [7, 11) is 0. The Morgan fingerprint density at radius 3 is 2.72 bits per heavy atom. The van der Waals surface area contributed by atoms with Crippen LogP contribution in [0.2, 0.25) is 5.02 Å². The minimum Gasteiger partial charge on any atom is -0.267 e. The van der Waals surface area contributed by atoms with Gasteiger partial charge >= 0.3 is 0 Å². The van der Waals surface area contributed by atoms with Crippen molar-refractivity contribution in [1.82, 2.24) is 10.4 Å². The molecule has 5 heteroatoms. The number of halogens is 1. The van der Waals surface area contributed by atoms with Crippen LogP contribution in [0.15, 0.2) is 53.9 Å². The number of benzene rings is 1. The average Bonchev–Trinajstić information content (AvgIpc) is 2.40. The number of pyridine rings is 1. The molecule has 0 aliphatic heterocycles. The van der Waals surface area contributed by atoms with Crippen LogP contribution in [0.25, 0.3) is 0 Å². The second kappa shape index (κ2) is 5.93. The standard InChI is InChI=1S/C13H10ClN3O/c14-12-5-3-11(4-6-12)13(18)17-16-9-10-2-1-7-15-8-10/h1-9H,(H,17,18)/b16-9+. The van der Waals surface area contributed by atoms with Gasteiger partial charge in [-0.05, 0) is 30.3 Å².